The topological polar surface area (TPSA) is 29.5 Å². The van der Waals surface area contributed by atoms with E-state index in [1.165, 1.54) is 0 Å². The highest BCUT2D eigenvalue weighted by atomic mass is 79.9. The summed E-state index contributed by atoms with van der Waals surface area (Å²) in [5.74, 6) is -0.762. The van der Waals surface area contributed by atoms with Crippen LogP contribution in [0.4, 0.5) is 4.39 Å². The molecular weight excluding hydrogens is 289 g/mol. The molecule has 0 bridgehead atoms. The summed E-state index contributed by atoms with van der Waals surface area (Å²) in [5, 5.41) is 0. The van der Waals surface area contributed by atoms with Crippen molar-refractivity contribution in [3.05, 3.63) is 33.5 Å². The quantitative estimate of drug-likeness (QED) is 0.797. The number of carbonyl (C=O) groups excluding carboxylic acids is 1. The van der Waals surface area contributed by atoms with E-state index in [9.17, 15) is 9.18 Å². The molecule has 1 amide bonds. The number of ether oxygens (including phenoxy) is 1. The number of nitrogens with zero attached hydrogens (tertiary/aromatic N) is 1. The maximum Gasteiger partial charge on any atom is 0.257 e. The van der Waals surface area contributed by atoms with Crippen LogP contribution in [0, 0.1) is 12.7 Å². The lowest BCUT2D eigenvalue weighted by Gasteiger charge is -2.27. The summed E-state index contributed by atoms with van der Waals surface area (Å²) in [6, 6.07) is 3.24. The van der Waals surface area contributed by atoms with E-state index in [1.807, 2.05) is 6.92 Å². The molecule has 1 heterocycles. The molecule has 1 aliphatic heterocycles. The van der Waals surface area contributed by atoms with Crippen LogP contribution in [-0.2, 0) is 4.74 Å². The number of benzene rings is 1. The zero-order chi connectivity index (χ0) is 12.4. The second-order valence-corrected chi connectivity index (χ2v) is 4.87. The maximum atomic E-state index is 13.9. The van der Waals surface area contributed by atoms with Crippen molar-refractivity contribution >= 4 is 21.8 Å². The van der Waals surface area contributed by atoms with Crippen LogP contribution in [0.2, 0.25) is 0 Å². The Balaban J connectivity index is 2.29. The number of rotatable bonds is 1. The smallest absolute Gasteiger partial charge is 0.257 e. The molecule has 2 rings (SSSR count). The van der Waals surface area contributed by atoms with Gasteiger partial charge in [-0.05, 0) is 40.5 Å². The van der Waals surface area contributed by atoms with Crippen LogP contribution in [0.15, 0.2) is 16.6 Å². The first-order valence-corrected chi connectivity index (χ1v) is 6.21. The fourth-order valence-corrected chi connectivity index (χ4v) is 2.39. The molecule has 1 aliphatic rings. The predicted octanol–water partition coefficient (Wildman–Crippen LogP) is 2.37. The Morgan fingerprint density at radius 1 is 1.41 bits per heavy atom. The lowest BCUT2D eigenvalue weighted by molar-refractivity contribution is 0.0299. The van der Waals surface area contributed by atoms with Gasteiger partial charge in [0.2, 0.25) is 0 Å². The number of amides is 1. The monoisotopic (exact) mass is 301 g/mol. The first-order valence-electron chi connectivity index (χ1n) is 5.42. The van der Waals surface area contributed by atoms with Gasteiger partial charge in [0.05, 0.1) is 23.2 Å². The number of hydrogen-bond acceptors (Lipinski definition) is 2. The zero-order valence-corrected chi connectivity index (χ0v) is 11.1. The predicted molar refractivity (Wildman–Crippen MR) is 65.6 cm³/mol. The minimum atomic E-state index is -0.493. The van der Waals surface area contributed by atoms with Crippen molar-refractivity contribution in [1.29, 1.82) is 0 Å². The molecule has 17 heavy (non-hydrogen) atoms. The van der Waals surface area contributed by atoms with Gasteiger partial charge in [-0.2, -0.15) is 0 Å². The Labute approximate surface area is 108 Å². The molecule has 0 unspecified atom stereocenters. The number of halogens is 2. The average molecular weight is 302 g/mol. The first kappa shape index (κ1) is 12.5. The van der Waals surface area contributed by atoms with Crippen LogP contribution < -0.4 is 0 Å². The van der Waals surface area contributed by atoms with Crippen molar-refractivity contribution < 1.29 is 13.9 Å². The summed E-state index contributed by atoms with van der Waals surface area (Å²) in [6.45, 7) is 3.90. The number of morpholine rings is 1. The molecule has 0 aromatic heterocycles. The molecule has 0 aliphatic carbocycles. The Morgan fingerprint density at radius 2 is 2.06 bits per heavy atom. The van der Waals surface area contributed by atoms with Gasteiger partial charge in [-0.25, -0.2) is 4.39 Å². The van der Waals surface area contributed by atoms with Gasteiger partial charge >= 0.3 is 0 Å². The highest BCUT2D eigenvalue weighted by Crippen LogP contribution is 2.22. The van der Waals surface area contributed by atoms with E-state index < -0.39 is 5.82 Å². The van der Waals surface area contributed by atoms with Crippen molar-refractivity contribution in [2.45, 2.75) is 6.92 Å². The van der Waals surface area contributed by atoms with Crippen molar-refractivity contribution in [3.8, 4) is 0 Å². The molecule has 1 saturated heterocycles. The summed E-state index contributed by atoms with van der Waals surface area (Å²) in [7, 11) is 0. The molecule has 0 saturated carbocycles. The van der Waals surface area contributed by atoms with Crippen LogP contribution in [0.3, 0.4) is 0 Å². The molecule has 0 radical (unpaired) electrons. The van der Waals surface area contributed by atoms with Gasteiger partial charge in [0.1, 0.15) is 5.82 Å². The van der Waals surface area contributed by atoms with E-state index in [1.54, 1.807) is 17.0 Å². The van der Waals surface area contributed by atoms with Crippen molar-refractivity contribution in [3.63, 3.8) is 0 Å². The van der Waals surface area contributed by atoms with E-state index in [4.69, 9.17) is 4.74 Å². The lowest BCUT2D eigenvalue weighted by atomic mass is 10.1. The van der Waals surface area contributed by atoms with Crippen LogP contribution in [-0.4, -0.2) is 37.1 Å². The van der Waals surface area contributed by atoms with Crippen LogP contribution >= 0.6 is 15.9 Å². The van der Waals surface area contributed by atoms with E-state index in [-0.39, 0.29) is 11.5 Å². The van der Waals surface area contributed by atoms with Gasteiger partial charge < -0.3 is 9.64 Å². The van der Waals surface area contributed by atoms with Gasteiger partial charge in [-0.15, -0.1) is 0 Å². The molecule has 1 fully saturated rings. The fourth-order valence-electron chi connectivity index (χ4n) is 1.82. The molecule has 1 aromatic carbocycles. The second kappa shape index (κ2) is 5.14. The summed E-state index contributed by atoms with van der Waals surface area (Å²) >= 11 is 3.12. The number of aryl methyl sites for hydroxylation is 1. The van der Waals surface area contributed by atoms with Crippen molar-refractivity contribution in [2.75, 3.05) is 26.3 Å². The van der Waals surface area contributed by atoms with Crippen molar-refractivity contribution in [2.24, 2.45) is 0 Å². The maximum absolute atomic E-state index is 13.9. The number of hydrogen-bond donors (Lipinski definition) is 0. The summed E-state index contributed by atoms with van der Waals surface area (Å²) in [6.07, 6.45) is 0. The van der Waals surface area contributed by atoms with E-state index >= 15 is 0 Å². The molecule has 0 atom stereocenters. The molecule has 0 N–H and O–H groups in total. The Bertz CT molecular complexity index is 444. The standard InChI is InChI=1S/C12H13BrFNO2/c1-8-6-9(11(14)10(13)7-8)12(16)15-2-4-17-5-3-15/h6-7H,2-5H2,1H3. The highest BCUT2D eigenvalue weighted by molar-refractivity contribution is 9.10. The molecule has 3 nitrogen and oxygen atoms in total. The summed E-state index contributed by atoms with van der Waals surface area (Å²) < 4.78 is 19.4. The Morgan fingerprint density at radius 3 is 2.71 bits per heavy atom. The summed E-state index contributed by atoms with van der Waals surface area (Å²) in [4.78, 5) is 13.8. The van der Waals surface area contributed by atoms with Gasteiger partial charge in [0, 0.05) is 13.1 Å². The third-order valence-corrected chi connectivity index (χ3v) is 3.28. The van der Waals surface area contributed by atoms with Gasteiger partial charge in [0.25, 0.3) is 5.91 Å². The Hall–Kier alpha value is -0.940. The fraction of sp³-hybridized carbons (Fsp3) is 0.417. The third-order valence-electron chi connectivity index (χ3n) is 2.70. The van der Waals surface area contributed by atoms with E-state index in [0.717, 1.165) is 5.56 Å². The molecule has 0 spiro atoms. The molecule has 92 valence electrons. The Kier molecular flexibility index (Phi) is 3.79. The van der Waals surface area contributed by atoms with Gasteiger partial charge in [-0.3, -0.25) is 4.79 Å². The highest BCUT2D eigenvalue weighted by Gasteiger charge is 2.22. The minimum absolute atomic E-state index is 0.124. The van der Waals surface area contributed by atoms with Gasteiger partial charge in [-0.1, -0.05) is 0 Å². The first-order chi connectivity index (χ1) is 8.09. The normalized spacial score (nSPS) is 16.1. The van der Waals surface area contributed by atoms with Crippen molar-refractivity contribution in [1.82, 2.24) is 4.90 Å². The SMILES string of the molecule is Cc1cc(Br)c(F)c(C(=O)N2CCOCC2)c1. The van der Waals surface area contributed by atoms with Crippen LogP contribution in [0.1, 0.15) is 15.9 Å². The molecular formula is C12H13BrFNO2. The van der Waals surface area contributed by atoms with E-state index in [0.29, 0.717) is 30.8 Å². The van der Waals surface area contributed by atoms with Crippen LogP contribution in [0.25, 0.3) is 0 Å². The van der Waals surface area contributed by atoms with Gasteiger partial charge in [0.15, 0.2) is 0 Å². The molecule has 1 aromatic rings. The lowest BCUT2D eigenvalue weighted by Crippen LogP contribution is -2.41. The second-order valence-electron chi connectivity index (χ2n) is 4.01. The summed E-state index contributed by atoms with van der Waals surface area (Å²) in [5.41, 5.74) is 0.980. The minimum Gasteiger partial charge on any atom is -0.378 e. The average Bonchev–Trinajstić information content (AvgIpc) is 2.34. The van der Waals surface area contributed by atoms with E-state index in [2.05, 4.69) is 15.9 Å². The molecule has 5 heteroatoms. The number of carbonyl (C=O) groups is 1. The third kappa shape index (κ3) is 2.66. The zero-order valence-electron chi connectivity index (χ0n) is 9.50. The largest absolute Gasteiger partial charge is 0.378 e. The van der Waals surface area contributed by atoms with Crippen LogP contribution in [0.5, 0.6) is 0 Å².